The second-order valence-corrected chi connectivity index (χ2v) is 7.41. The van der Waals surface area contributed by atoms with Crippen LogP contribution in [0.2, 0.25) is 0 Å². The third kappa shape index (κ3) is 3.52. The van der Waals surface area contributed by atoms with Gasteiger partial charge in [-0.05, 0) is 67.6 Å². The number of anilines is 1. The van der Waals surface area contributed by atoms with Crippen LogP contribution in [-0.2, 0) is 6.54 Å². The van der Waals surface area contributed by atoms with E-state index in [-0.39, 0.29) is 11.5 Å². The average molecular weight is 376 g/mol. The van der Waals surface area contributed by atoms with Gasteiger partial charge in [0.2, 0.25) is 0 Å². The van der Waals surface area contributed by atoms with E-state index in [1.165, 1.54) is 6.07 Å². The van der Waals surface area contributed by atoms with E-state index in [0.717, 1.165) is 53.7 Å². The maximum Gasteiger partial charge on any atom is 0.336 e. The quantitative estimate of drug-likeness (QED) is 0.691. The second kappa shape index (κ2) is 7.50. The fourth-order valence-electron chi connectivity index (χ4n) is 3.70. The van der Waals surface area contributed by atoms with Gasteiger partial charge in [0.25, 0.3) is 5.91 Å². The molecule has 2 aromatic carbocycles. The molecule has 28 heavy (non-hydrogen) atoms. The van der Waals surface area contributed by atoms with Gasteiger partial charge in [-0.2, -0.15) is 0 Å². The summed E-state index contributed by atoms with van der Waals surface area (Å²) in [4.78, 5) is 26.3. The van der Waals surface area contributed by atoms with Gasteiger partial charge in [-0.15, -0.1) is 0 Å². The Bertz CT molecular complexity index is 1080. The van der Waals surface area contributed by atoms with Crippen molar-refractivity contribution in [2.75, 3.05) is 18.4 Å². The van der Waals surface area contributed by atoms with Crippen LogP contribution in [0, 0.1) is 13.8 Å². The number of amides is 1. The molecule has 4 rings (SSSR count). The Hall–Kier alpha value is -3.08. The normalized spacial score (nSPS) is 13.9. The Morgan fingerprint density at radius 2 is 1.79 bits per heavy atom. The Morgan fingerprint density at radius 1 is 1.07 bits per heavy atom. The molecule has 1 aliphatic rings. The molecule has 0 radical (unpaired) electrons. The molecule has 5 nitrogen and oxygen atoms in total. The van der Waals surface area contributed by atoms with Gasteiger partial charge in [0.1, 0.15) is 5.58 Å². The number of nitrogens with one attached hydrogen (secondary N) is 1. The lowest BCUT2D eigenvalue weighted by molar-refractivity contribution is 0.0793. The number of hydrogen-bond donors (Lipinski definition) is 1. The first-order valence-electron chi connectivity index (χ1n) is 9.69. The number of carbonyl (C=O) groups excluding carboxylic acids is 1. The molecule has 0 spiro atoms. The van der Waals surface area contributed by atoms with Gasteiger partial charge in [-0.1, -0.05) is 12.1 Å². The number of rotatable bonds is 4. The number of hydrogen-bond acceptors (Lipinski definition) is 4. The molecule has 2 heterocycles. The molecule has 0 bridgehead atoms. The highest BCUT2D eigenvalue weighted by molar-refractivity contribution is 5.94. The van der Waals surface area contributed by atoms with E-state index in [0.29, 0.717) is 17.7 Å². The summed E-state index contributed by atoms with van der Waals surface area (Å²) >= 11 is 0. The molecule has 0 atom stereocenters. The zero-order chi connectivity index (χ0) is 19.7. The topological polar surface area (TPSA) is 62.6 Å². The highest BCUT2D eigenvalue weighted by atomic mass is 16.4. The molecule has 3 aromatic rings. The molecule has 0 saturated carbocycles. The summed E-state index contributed by atoms with van der Waals surface area (Å²) in [6.45, 7) is 6.17. The third-order valence-electron chi connectivity index (χ3n) is 5.53. The van der Waals surface area contributed by atoms with Crippen LogP contribution in [0.3, 0.4) is 0 Å². The SMILES string of the molecule is Cc1ccc2c(CNc3ccc(C(=O)N4CCCC4)cc3)cc(=O)oc2c1C. The molecule has 5 heteroatoms. The Kier molecular flexibility index (Phi) is 4.90. The van der Waals surface area contributed by atoms with Gasteiger partial charge < -0.3 is 14.6 Å². The highest BCUT2D eigenvalue weighted by Crippen LogP contribution is 2.24. The van der Waals surface area contributed by atoms with Crippen LogP contribution in [0.5, 0.6) is 0 Å². The van der Waals surface area contributed by atoms with Crippen LogP contribution in [0.1, 0.15) is 39.9 Å². The number of benzene rings is 2. The first-order valence-corrected chi connectivity index (χ1v) is 9.69. The third-order valence-corrected chi connectivity index (χ3v) is 5.53. The van der Waals surface area contributed by atoms with Gasteiger partial charge in [0.05, 0.1) is 0 Å². The first-order chi connectivity index (χ1) is 13.5. The van der Waals surface area contributed by atoms with Crippen molar-refractivity contribution in [2.45, 2.75) is 33.2 Å². The summed E-state index contributed by atoms with van der Waals surface area (Å²) < 4.78 is 5.43. The van der Waals surface area contributed by atoms with Crippen molar-refractivity contribution in [3.63, 3.8) is 0 Å². The van der Waals surface area contributed by atoms with Crippen LogP contribution >= 0.6 is 0 Å². The highest BCUT2D eigenvalue weighted by Gasteiger charge is 2.19. The van der Waals surface area contributed by atoms with E-state index in [9.17, 15) is 9.59 Å². The largest absolute Gasteiger partial charge is 0.422 e. The summed E-state index contributed by atoms with van der Waals surface area (Å²) in [5.74, 6) is 0.0987. The van der Waals surface area contributed by atoms with E-state index >= 15 is 0 Å². The van der Waals surface area contributed by atoms with Crippen LogP contribution in [0.25, 0.3) is 11.0 Å². The average Bonchev–Trinajstić information content (AvgIpc) is 3.24. The lowest BCUT2D eigenvalue weighted by atomic mass is 10.0. The molecule has 1 aliphatic heterocycles. The van der Waals surface area contributed by atoms with E-state index in [2.05, 4.69) is 5.32 Å². The fourth-order valence-corrected chi connectivity index (χ4v) is 3.70. The fraction of sp³-hybridized carbons (Fsp3) is 0.304. The zero-order valence-electron chi connectivity index (χ0n) is 16.2. The van der Waals surface area contributed by atoms with Crippen molar-refractivity contribution in [3.8, 4) is 0 Å². The van der Waals surface area contributed by atoms with Crippen molar-refractivity contribution < 1.29 is 9.21 Å². The molecule has 0 aliphatic carbocycles. The van der Waals surface area contributed by atoms with Crippen LogP contribution in [0.4, 0.5) is 5.69 Å². The smallest absolute Gasteiger partial charge is 0.336 e. The molecule has 144 valence electrons. The summed E-state index contributed by atoms with van der Waals surface area (Å²) in [6.07, 6.45) is 2.17. The number of carbonyl (C=O) groups is 1. The molecule has 1 saturated heterocycles. The van der Waals surface area contributed by atoms with Crippen molar-refractivity contribution >= 4 is 22.6 Å². The molecular formula is C23H24N2O3. The number of fused-ring (bicyclic) bond motifs is 1. The van der Waals surface area contributed by atoms with Crippen molar-refractivity contribution in [2.24, 2.45) is 0 Å². The Balaban J connectivity index is 1.52. The number of likely N-dealkylation sites (tertiary alicyclic amines) is 1. The molecule has 0 unspecified atom stereocenters. The molecule has 1 N–H and O–H groups in total. The summed E-state index contributed by atoms with van der Waals surface area (Å²) in [5, 5.41) is 4.29. The minimum Gasteiger partial charge on any atom is -0.422 e. The van der Waals surface area contributed by atoms with Gasteiger partial charge in [0.15, 0.2) is 0 Å². The van der Waals surface area contributed by atoms with Gasteiger partial charge in [-0.25, -0.2) is 4.79 Å². The van der Waals surface area contributed by atoms with E-state index in [1.807, 2.05) is 55.1 Å². The molecular weight excluding hydrogens is 352 g/mol. The van der Waals surface area contributed by atoms with Crippen LogP contribution in [-0.4, -0.2) is 23.9 Å². The predicted octanol–water partition coefficient (Wildman–Crippen LogP) is 4.26. The van der Waals surface area contributed by atoms with Gasteiger partial charge >= 0.3 is 5.63 Å². The second-order valence-electron chi connectivity index (χ2n) is 7.41. The summed E-state index contributed by atoms with van der Waals surface area (Å²) in [7, 11) is 0. The van der Waals surface area contributed by atoms with Crippen LogP contribution in [0.15, 0.2) is 51.7 Å². The van der Waals surface area contributed by atoms with Crippen LogP contribution < -0.4 is 10.9 Å². The summed E-state index contributed by atoms with van der Waals surface area (Å²) in [6, 6.07) is 13.1. The van der Waals surface area contributed by atoms with E-state index < -0.39 is 0 Å². The monoisotopic (exact) mass is 376 g/mol. The zero-order valence-corrected chi connectivity index (χ0v) is 16.2. The van der Waals surface area contributed by atoms with Crippen molar-refractivity contribution in [1.82, 2.24) is 4.90 Å². The van der Waals surface area contributed by atoms with E-state index in [1.54, 1.807) is 0 Å². The lowest BCUT2D eigenvalue weighted by Crippen LogP contribution is -2.27. The maximum atomic E-state index is 12.4. The molecule has 1 fully saturated rings. The summed E-state index contributed by atoms with van der Waals surface area (Å²) in [5.41, 5.74) is 4.90. The standard InChI is InChI=1S/C23H24N2O3/c1-15-5-10-20-18(13-21(26)28-22(20)16(15)2)14-24-19-8-6-17(7-9-19)23(27)25-11-3-4-12-25/h5-10,13,24H,3-4,11-12,14H2,1-2H3. The minimum atomic E-state index is -0.343. The molecule has 1 amide bonds. The first kappa shape index (κ1) is 18.3. The van der Waals surface area contributed by atoms with Gasteiger partial charge in [-0.3, -0.25) is 4.79 Å². The van der Waals surface area contributed by atoms with Gasteiger partial charge in [0, 0.05) is 42.3 Å². The predicted molar refractivity (Wildman–Crippen MR) is 111 cm³/mol. The lowest BCUT2D eigenvalue weighted by Gasteiger charge is -2.15. The van der Waals surface area contributed by atoms with Crippen molar-refractivity contribution in [3.05, 3.63) is 75.1 Å². The maximum absolute atomic E-state index is 12.4. The Labute approximate surface area is 164 Å². The number of aryl methyl sites for hydroxylation is 2. The van der Waals surface area contributed by atoms with Crippen molar-refractivity contribution in [1.29, 1.82) is 0 Å². The molecule has 1 aromatic heterocycles. The Morgan fingerprint density at radius 3 is 2.50 bits per heavy atom. The number of nitrogens with zero attached hydrogens (tertiary/aromatic N) is 1. The minimum absolute atomic E-state index is 0.0987. The van der Waals surface area contributed by atoms with E-state index in [4.69, 9.17) is 4.42 Å².